The maximum atomic E-state index is 11.6. The lowest BCUT2D eigenvalue weighted by Gasteiger charge is -2.61. The van der Waals surface area contributed by atoms with E-state index in [9.17, 15) is 9.59 Å². The molecule has 0 aromatic carbocycles. The van der Waals surface area contributed by atoms with Crippen molar-refractivity contribution in [3.8, 4) is 0 Å². The first-order chi connectivity index (χ1) is 17.0. The van der Waals surface area contributed by atoms with Gasteiger partial charge in [-0.25, -0.2) is 0 Å². The van der Waals surface area contributed by atoms with Crippen LogP contribution in [0.2, 0.25) is 0 Å². The molecular weight excluding hydrogens is 452 g/mol. The lowest BCUT2D eigenvalue weighted by Crippen LogP contribution is -2.54. The summed E-state index contributed by atoms with van der Waals surface area (Å²) in [6.07, 6.45) is 13.0. The van der Waals surface area contributed by atoms with Crippen LogP contribution in [0.4, 0.5) is 0 Å². The monoisotopic (exact) mass is 502 g/mol. The third-order valence-electron chi connectivity index (χ3n) is 12.1. The highest BCUT2D eigenvalue weighted by Gasteiger charge is 2.65. The molecule has 5 heteroatoms. The molecule has 1 heterocycles. The molecule has 0 aromatic heterocycles. The maximum Gasteiger partial charge on any atom is 0.302 e. The summed E-state index contributed by atoms with van der Waals surface area (Å²) in [5.74, 6) is 4.52. The third-order valence-corrected chi connectivity index (χ3v) is 12.1. The minimum Gasteiger partial charge on any atom is -0.466 e. The standard InChI is InChI=1S/C31H50O5/c1-18(17-34-20(3)32)7-10-27-19(2)29-28(36-27)16-26-24-9-8-22-15-23(35-21(4)33)11-13-30(22,5)25(24)12-14-31(26,29)6/h18-19,22-29H,7-17H2,1-6H3. The van der Waals surface area contributed by atoms with Gasteiger partial charge < -0.3 is 14.2 Å². The van der Waals surface area contributed by atoms with Crippen LogP contribution in [0.3, 0.4) is 0 Å². The lowest BCUT2D eigenvalue weighted by atomic mass is 9.44. The summed E-state index contributed by atoms with van der Waals surface area (Å²) in [5, 5.41) is 0. The van der Waals surface area contributed by atoms with E-state index in [2.05, 4.69) is 27.7 Å². The summed E-state index contributed by atoms with van der Waals surface area (Å²) >= 11 is 0. The Hall–Kier alpha value is -1.10. The molecule has 0 amide bonds. The van der Waals surface area contributed by atoms with Gasteiger partial charge in [-0.3, -0.25) is 9.59 Å². The van der Waals surface area contributed by atoms with E-state index in [0.717, 1.165) is 43.4 Å². The summed E-state index contributed by atoms with van der Waals surface area (Å²) < 4.78 is 17.7. The Morgan fingerprint density at radius 2 is 1.72 bits per heavy atom. The molecule has 5 rings (SSSR count). The molecule has 0 N–H and O–H groups in total. The largest absolute Gasteiger partial charge is 0.466 e. The van der Waals surface area contributed by atoms with Crippen molar-refractivity contribution in [1.82, 2.24) is 0 Å². The van der Waals surface area contributed by atoms with Gasteiger partial charge in [0.2, 0.25) is 0 Å². The molecule has 1 saturated heterocycles. The number of hydrogen-bond acceptors (Lipinski definition) is 5. The van der Waals surface area contributed by atoms with Crippen LogP contribution in [0.1, 0.15) is 106 Å². The smallest absolute Gasteiger partial charge is 0.302 e. The van der Waals surface area contributed by atoms with E-state index in [1.807, 2.05) is 0 Å². The molecule has 12 atom stereocenters. The van der Waals surface area contributed by atoms with Crippen molar-refractivity contribution in [3.63, 3.8) is 0 Å². The van der Waals surface area contributed by atoms with Crippen molar-refractivity contribution in [2.45, 2.75) is 124 Å². The number of carbonyl (C=O) groups is 2. The quantitative estimate of drug-likeness (QED) is 0.384. The Bertz CT molecular complexity index is 841. The second-order valence-electron chi connectivity index (χ2n) is 14.0. The molecule has 36 heavy (non-hydrogen) atoms. The van der Waals surface area contributed by atoms with Gasteiger partial charge in [0.15, 0.2) is 0 Å². The predicted molar refractivity (Wildman–Crippen MR) is 139 cm³/mol. The second kappa shape index (κ2) is 9.89. The van der Waals surface area contributed by atoms with Gasteiger partial charge in [0.25, 0.3) is 0 Å². The highest BCUT2D eigenvalue weighted by Crippen LogP contribution is 2.70. The molecule has 12 unspecified atom stereocenters. The highest BCUT2D eigenvalue weighted by molar-refractivity contribution is 5.66. The summed E-state index contributed by atoms with van der Waals surface area (Å²) in [4.78, 5) is 22.7. The lowest BCUT2D eigenvalue weighted by molar-refractivity contribution is -0.160. The van der Waals surface area contributed by atoms with Crippen LogP contribution < -0.4 is 0 Å². The average molecular weight is 503 g/mol. The van der Waals surface area contributed by atoms with Crippen LogP contribution in [0.15, 0.2) is 0 Å². The number of esters is 2. The highest BCUT2D eigenvalue weighted by atomic mass is 16.5. The molecule has 5 aliphatic rings. The van der Waals surface area contributed by atoms with E-state index in [1.165, 1.54) is 45.4 Å². The van der Waals surface area contributed by atoms with Crippen molar-refractivity contribution >= 4 is 11.9 Å². The molecular formula is C31H50O5. The van der Waals surface area contributed by atoms with Crippen LogP contribution in [-0.2, 0) is 23.8 Å². The number of ether oxygens (including phenoxy) is 3. The first-order valence-corrected chi connectivity index (χ1v) is 15.0. The number of hydrogen-bond donors (Lipinski definition) is 0. The fourth-order valence-electron chi connectivity index (χ4n) is 10.4. The fraction of sp³-hybridized carbons (Fsp3) is 0.935. The van der Waals surface area contributed by atoms with Crippen molar-refractivity contribution in [2.24, 2.45) is 52.3 Å². The molecule has 1 aliphatic heterocycles. The second-order valence-corrected chi connectivity index (χ2v) is 14.0. The van der Waals surface area contributed by atoms with Gasteiger partial charge in [0.1, 0.15) is 6.10 Å². The van der Waals surface area contributed by atoms with Gasteiger partial charge in [-0.05, 0) is 116 Å². The van der Waals surface area contributed by atoms with Crippen molar-refractivity contribution in [1.29, 1.82) is 0 Å². The van der Waals surface area contributed by atoms with E-state index >= 15 is 0 Å². The Kier molecular flexibility index (Phi) is 7.28. The first-order valence-electron chi connectivity index (χ1n) is 15.0. The van der Waals surface area contributed by atoms with Crippen LogP contribution in [0.25, 0.3) is 0 Å². The molecule has 0 spiro atoms. The predicted octanol–water partition coefficient (Wildman–Crippen LogP) is 6.57. The molecule has 5 nitrogen and oxygen atoms in total. The minimum absolute atomic E-state index is 0.116. The Balaban J connectivity index is 1.23. The van der Waals surface area contributed by atoms with Crippen LogP contribution in [0.5, 0.6) is 0 Å². The van der Waals surface area contributed by atoms with E-state index in [4.69, 9.17) is 14.2 Å². The Morgan fingerprint density at radius 3 is 2.44 bits per heavy atom. The van der Waals surface area contributed by atoms with Gasteiger partial charge >= 0.3 is 11.9 Å². The van der Waals surface area contributed by atoms with E-state index in [1.54, 1.807) is 6.92 Å². The van der Waals surface area contributed by atoms with Gasteiger partial charge in [-0.2, -0.15) is 0 Å². The van der Waals surface area contributed by atoms with Crippen LogP contribution >= 0.6 is 0 Å². The summed E-state index contributed by atoms with van der Waals surface area (Å²) in [7, 11) is 0. The van der Waals surface area contributed by atoms with Crippen LogP contribution in [0, 0.1) is 52.3 Å². The Morgan fingerprint density at radius 1 is 0.972 bits per heavy atom. The zero-order chi connectivity index (χ0) is 25.8. The van der Waals surface area contributed by atoms with Crippen molar-refractivity contribution < 1.29 is 23.8 Å². The van der Waals surface area contributed by atoms with Gasteiger partial charge in [-0.1, -0.05) is 27.7 Å². The number of carbonyl (C=O) groups excluding carboxylic acids is 2. The number of rotatable bonds is 6. The van der Waals surface area contributed by atoms with Gasteiger partial charge in [0, 0.05) is 13.8 Å². The summed E-state index contributed by atoms with van der Waals surface area (Å²) in [6.45, 7) is 13.4. The van der Waals surface area contributed by atoms with Gasteiger partial charge in [-0.15, -0.1) is 0 Å². The fourth-order valence-corrected chi connectivity index (χ4v) is 10.4. The zero-order valence-corrected chi connectivity index (χ0v) is 23.6. The SMILES string of the molecule is CC(=O)OCC(C)CCC1OC2CC3C4CCC5CC(OC(C)=O)CCC5(C)C4CCC3(C)C2C1C. The van der Waals surface area contributed by atoms with Crippen molar-refractivity contribution in [3.05, 3.63) is 0 Å². The molecule has 0 bridgehead atoms. The Labute approximate surface area is 218 Å². The van der Waals surface area contributed by atoms with Gasteiger partial charge in [0.05, 0.1) is 18.8 Å². The van der Waals surface area contributed by atoms with Crippen LogP contribution in [-0.4, -0.2) is 36.9 Å². The summed E-state index contributed by atoms with van der Waals surface area (Å²) in [6, 6.07) is 0. The molecule has 0 radical (unpaired) electrons. The average Bonchev–Trinajstić information content (AvgIpc) is 3.29. The number of fused-ring (bicyclic) bond motifs is 7. The molecule has 4 aliphatic carbocycles. The molecule has 0 aromatic rings. The van der Waals surface area contributed by atoms with E-state index in [0.29, 0.717) is 53.3 Å². The normalized spacial score (nSPS) is 48.2. The van der Waals surface area contributed by atoms with E-state index in [-0.39, 0.29) is 18.0 Å². The zero-order valence-electron chi connectivity index (χ0n) is 23.6. The third kappa shape index (κ3) is 4.54. The van der Waals surface area contributed by atoms with E-state index < -0.39 is 0 Å². The summed E-state index contributed by atoms with van der Waals surface area (Å²) in [5.41, 5.74) is 0.813. The molecule has 4 saturated carbocycles. The van der Waals surface area contributed by atoms with Crippen molar-refractivity contribution in [2.75, 3.05) is 6.61 Å². The molecule has 204 valence electrons. The maximum absolute atomic E-state index is 11.6. The molecule has 5 fully saturated rings. The first kappa shape index (κ1) is 26.5. The topological polar surface area (TPSA) is 61.8 Å². The minimum atomic E-state index is -0.184.